The normalized spacial score (nSPS) is 12.8. The smallest absolute Gasteiger partial charge is 0.137 e. The summed E-state index contributed by atoms with van der Waals surface area (Å²) in [5.74, 6) is 0. The van der Waals surface area contributed by atoms with Crippen LogP contribution in [0.1, 0.15) is 0 Å². The maximum absolute atomic E-state index is 6.59. The van der Waals surface area contributed by atoms with Gasteiger partial charge in [-0.3, -0.25) is 0 Å². The standard InChI is InChI=1S/C54H28N2O2/c1-3-13-29(14-4-1)43-47-37-21-11-19-31-34-26-28-42-46(36-18-8-10-24-40(36)58-42)52(34)56(49(31)37)54(47)44(30-15-5-2-6-16-30)48-38-22-12-20-32-33-25-27-41-45(35-17-7-9-23-39(35)57-41)51(33)55(50(32)38)53(43)48/h1-28H. The van der Waals surface area contributed by atoms with Gasteiger partial charge in [0.15, 0.2) is 0 Å². The predicted molar refractivity (Wildman–Crippen MR) is 241 cm³/mol. The van der Waals surface area contributed by atoms with E-state index < -0.39 is 0 Å². The van der Waals surface area contributed by atoms with Crippen LogP contribution in [0.25, 0.3) is 142 Å². The Morgan fingerprint density at radius 3 is 1.09 bits per heavy atom. The molecule has 0 bridgehead atoms. The van der Waals surface area contributed by atoms with E-state index in [4.69, 9.17) is 8.83 Å². The van der Waals surface area contributed by atoms with Crippen LogP contribution in [0.4, 0.5) is 0 Å². The Kier molecular flexibility index (Phi) is 5.14. The summed E-state index contributed by atoms with van der Waals surface area (Å²) in [7, 11) is 0. The van der Waals surface area contributed by atoms with E-state index in [2.05, 4.69) is 179 Å². The highest BCUT2D eigenvalue weighted by atomic mass is 16.3. The fourth-order valence-electron chi connectivity index (χ4n) is 11.0. The van der Waals surface area contributed by atoms with Gasteiger partial charge >= 0.3 is 0 Å². The molecule has 0 saturated carbocycles. The zero-order valence-electron chi connectivity index (χ0n) is 30.9. The lowest BCUT2D eigenvalue weighted by Gasteiger charge is -2.16. The minimum Gasteiger partial charge on any atom is -0.456 e. The number of furan rings is 2. The number of nitrogens with zero attached hydrogens (tertiary/aromatic N) is 2. The summed E-state index contributed by atoms with van der Waals surface area (Å²) >= 11 is 0. The van der Waals surface area contributed by atoms with E-state index in [9.17, 15) is 0 Å². The van der Waals surface area contributed by atoms with Crippen LogP contribution < -0.4 is 0 Å². The third-order valence-electron chi connectivity index (χ3n) is 13.1. The van der Waals surface area contributed by atoms with Crippen LogP contribution in [0.5, 0.6) is 0 Å². The first-order chi connectivity index (χ1) is 28.8. The molecule has 4 nitrogen and oxygen atoms in total. The number of rotatable bonds is 2. The van der Waals surface area contributed by atoms with E-state index in [0.29, 0.717) is 0 Å². The lowest BCUT2D eigenvalue weighted by atomic mass is 9.89. The minimum absolute atomic E-state index is 0.900. The Bertz CT molecular complexity index is 3960. The van der Waals surface area contributed by atoms with Crippen molar-refractivity contribution in [3.63, 3.8) is 0 Å². The summed E-state index contributed by atoms with van der Waals surface area (Å²) in [6.45, 7) is 0. The Morgan fingerprint density at radius 2 is 0.621 bits per heavy atom. The Labute approximate surface area is 328 Å². The van der Waals surface area contributed by atoms with Gasteiger partial charge in [0, 0.05) is 65.0 Å². The topological polar surface area (TPSA) is 35.1 Å². The molecule has 0 spiro atoms. The molecule has 0 aliphatic rings. The highest BCUT2D eigenvalue weighted by Gasteiger charge is 2.32. The second kappa shape index (κ2) is 10.1. The van der Waals surface area contributed by atoms with Gasteiger partial charge < -0.3 is 17.6 Å². The van der Waals surface area contributed by atoms with Crippen molar-refractivity contribution in [2.45, 2.75) is 0 Å². The van der Waals surface area contributed by atoms with E-state index in [1.165, 1.54) is 98.4 Å². The second-order valence-electron chi connectivity index (χ2n) is 15.9. The van der Waals surface area contributed by atoms with E-state index in [1.807, 2.05) is 0 Å². The van der Waals surface area contributed by atoms with E-state index in [0.717, 1.165) is 43.9 Å². The van der Waals surface area contributed by atoms with Crippen molar-refractivity contribution >= 4 is 120 Å². The first-order valence-electron chi connectivity index (χ1n) is 19.9. The van der Waals surface area contributed by atoms with Gasteiger partial charge in [-0.1, -0.05) is 133 Å². The van der Waals surface area contributed by atoms with Crippen LogP contribution in [0.2, 0.25) is 0 Å². The zero-order chi connectivity index (χ0) is 37.4. The molecule has 0 N–H and O–H groups in total. The average molecular weight is 737 g/mol. The summed E-state index contributed by atoms with van der Waals surface area (Å²) in [6, 6.07) is 61.7. The monoisotopic (exact) mass is 736 g/mol. The van der Waals surface area contributed by atoms with Gasteiger partial charge in [0.25, 0.3) is 0 Å². The van der Waals surface area contributed by atoms with Gasteiger partial charge in [-0.25, -0.2) is 0 Å². The molecule has 0 fully saturated rings. The van der Waals surface area contributed by atoms with Crippen LogP contribution in [0.15, 0.2) is 179 Å². The molecule has 0 atom stereocenters. The molecule has 6 heterocycles. The number of benzene rings is 9. The molecule has 4 heteroatoms. The number of para-hydroxylation sites is 4. The molecule has 0 aliphatic carbocycles. The van der Waals surface area contributed by atoms with Crippen LogP contribution in [0, 0.1) is 0 Å². The molecule has 9 aromatic carbocycles. The van der Waals surface area contributed by atoms with Crippen molar-refractivity contribution < 1.29 is 8.83 Å². The molecule has 58 heavy (non-hydrogen) atoms. The summed E-state index contributed by atoms with van der Waals surface area (Å²) in [5, 5.41) is 14.5. The maximum atomic E-state index is 6.59. The molecule has 15 aromatic rings. The Hall–Kier alpha value is -7.82. The Balaban J connectivity index is 1.33. The third kappa shape index (κ3) is 3.30. The van der Waals surface area contributed by atoms with Crippen molar-refractivity contribution in [1.29, 1.82) is 0 Å². The van der Waals surface area contributed by atoms with Crippen molar-refractivity contribution in [3.05, 3.63) is 170 Å². The van der Waals surface area contributed by atoms with Crippen LogP contribution >= 0.6 is 0 Å². The Morgan fingerprint density at radius 1 is 0.241 bits per heavy atom. The average Bonchev–Trinajstić information content (AvgIpc) is 4.12. The molecule has 0 aliphatic heterocycles. The molecule has 0 amide bonds. The van der Waals surface area contributed by atoms with E-state index in [1.54, 1.807) is 0 Å². The number of hydrogen-bond acceptors (Lipinski definition) is 2. The minimum atomic E-state index is 0.900. The highest BCUT2D eigenvalue weighted by Crippen LogP contribution is 2.55. The fourth-order valence-corrected chi connectivity index (χ4v) is 11.0. The molecule has 0 saturated heterocycles. The first-order valence-corrected chi connectivity index (χ1v) is 19.9. The van der Waals surface area contributed by atoms with Gasteiger partial charge in [0.2, 0.25) is 0 Å². The van der Waals surface area contributed by atoms with Crippen LogP contribution in [-0.2, 0) is 0 Å². The van der Waals surface area contributed by atoms with Crippen molar-refractivity contribution in [1.82, 2.24) is 8.80 Å². The predicted octanol–water partition coefficient (Wildman–Crippen LogP) is 15.1. The number of aromatic nitrogens is 2. The maximum Gasteiger partial charge on any atom is 0.137 e. The van der Waals surface area contributed by atoms with Gasteiger partial charge in [0.05, 0.1) is 43.9 Å². The van der Waals surface area contributed by atoms with Crippen LogP contribution in [0.3, 0.4) is 0 Å². The largest absolute Gasteiger partial charge is 0.456 e. The zero-order valence-corrected chi connectivity index (χ0v) is 30.9. The van der Waals surface area contributed by atoms with Gasteiger partial charge in [-0.2, -0.15) is 0 Å². The molecular weight excluding hydrogens is 709 g/mol. The quantitative estimate of drug-likeness (QED) is 0.177. The fraction of sp³-hybridized carbons (Fsp3) is 0. The van der Waals surface area contributed by atoms with Gasteiger partial charge in [-0.15, -0.1) is 0 Å². The van der Waals surface area contributed by atoms with Crippen molar-refractivity contribution in [2.24, 2.45) is 0 Å². The first kappa shape index (κ1) is 29.5. The number of hydrogen-bond donors (Lipinski definition) is 0. The molecule has 0 unspecified atom stereocenters. The van der Waals surface area contributed by atoms with E-state index in [-0.39, 0.29) is 0 Å². The summed E-state index contributed by atoms with van der Waals surface area (Å²) in [4.78, 5) is 0. The van der Waals surface area contributed by atoms with Gasteiger partial charge in [-0.05, 0) is 47.5 Å². The lowest BCUT2D eigenvalue weighted by Crippen LogP contribution is -1.93. The summed E-state index contributed by atoms with van der Waals surface area (Å²) in [5.41, 5.74) is 15.7. The molecule has 266 valence electrons. The summed E-state index contributed by atoms with van der Waals surface area (Å²) in [6.07, 6.45) is 0. The molecule has 6 aromatic heterocycles. The van der Waals surface area contributed by atoms with E-state index >= 15 is 0 Å². The second-order valence-corrected chi connectivity index (χ2v) is 15.9. The molecule has 0 radical (unpaired) electrons. The molecular formula is C54H28N2O2. The number of fused-ring (bicyclic) bond motifs is 20. The lowest BCUT2D eigenvalue weighted by molar-refractivity contribution is 0.669. The van der Waals surface area contributed by atoms with Crippen molar-refractivity contribution in [2.75, 3.05) is 0 Å². The SMILES string of the molecule is c1ccc(-c2c3c4cccc5c6ccc7oc8ccccc8c7c6n(c3c(-c3ccccc3)c3c6cccc7c8ccc9oc%10ccccc%10c9c8n(c23)c76)c54)cc1. The van der Waals surface area contributed by atoms with Crippen molar-refractivity contribution in [3.8, 4) is 22.3 Å². The van der Waals surface area contributed by atoms with Gasteiger partial charge in [0.1, 0.15) is 22.3 Å². The highest BCUT2D eigenvalue weighted by molar-refractivity contribution is 6.40. The molecule has 15 rings (SSSR count). The van der Waals surface area contributed by atoms with Crippen LogP contribution in [-0.4, -0.2) is 8.80 Å². The summed E-state index contributed by atoms with van der Waals surface area (Å²) < 4.78 is 18.4. The third-order valence-corrected chi connectivity index (χ3v) is 13.1.